The van der Waals surface area contributed by atoms with Gasteiger partial charge in [0.1, 0.15) is 5.75 Å². The van der Waals surface area contributed by atoms with Crippen LogP contribution in [-0.2, 0) is 11.2 Å². The predicted octanol–water partition coefficient (Wildman–Crippen LogP) is 3.39. The van der Waals surface area contributed by atoms with Crippen molar-refractivity contribution in [1.82, 2.24) is 5.32 Å². The fourth-order valence-electron chi connectivity index (χ4n) is 2.40. The molecule has 0 bridgehead atoms. The minimum absolute atomic E-state index is 0.736. The molecule has 1 fully saturated rings. The van der Waals surface area contributed by atoms with Gasteiger partial charge < -0.3 is 14.8 Å². The molecule has 0 unspecified atom stereocenters. The Hall–Kier alpha value is -0.580. The van der Waals surface area contributed by atoms with Crippen molar-refractivity contribution in [2.75, 3.05) is 26.9 Å². The molecule has 112 valence electrons. The zero-order valence-corrected chi connectivity index (χ0v) is 14.2. The second-order valence-electron chi connectivity index (χ2n) is 5.40. The zero-order chi connectivity index (χ0) is 14.5. The lowest BCUT2D eigenvalue weighted by molar-refractivity contribution is 0.138. The normalized spacial score (nSPS) is 14.6. The molecule has 1 aliphatic rings. The number of rotatable bonds is 8. The summed E-state index contributed by atoms with van der Waals surface area (Å²) in [5.74, 6) is 0.991. The summed E-state index contributed by atoms with van der Waals surface area (Å²) in [5, 5.41) is 3.45. The average Bonchev–Trinajstić information content (AvgIpc) is 3.23. The molecule has 1 N–H and O–H groups in total. The van der Waals surface area contributed by atoms with Gasteiger partial charge in [-0.05, 0) is 50.3 Å². The Bertz CT molecular complexity index is 458. The molecule has 4 heteroatoms. The second kappa shape index (κ2) is 7.43. The zero-order valence-electron chi connectivity index (χ0n) is 12.6. The Morgan fingerprint density at radius 3 is 2.70 bits per heavy atom. The minimum Gasteiger partial charge on any atom is -0.496 e. The highest BCUT2D eigenvalue weighted by Crippen LogP contribution is 2.32. The van der Waals surface area contributed by atoms with Gasteiger partial charge in [-0.25, -0.2) is 0 Å². The Balaban J connectivity index is 1.84. The quantitative estimate of drug-likeness (QED) is 0.735. The van der Waals surface area contributed by atoms with Gasteiger partial charge in [0, 0.05) is 22.6 Å². The van der Waals surface area contributed by atoms with Gasteiger partial charge in [0.25, 0.3) is 0 Å². The summed E-state index contributed by atoms with van der Waals surface area (Å²) < 4.78 is 12.4. The van der Waals surface area contributed by atoms with Crippen molar-refractivity contribution in [3.8, 4) is 5.75 Å². The number of aryl methyl sites for hydroxylation is 1. The van der Waals surface area contributed by atoms with Crippen molar-refractivity contribution in [2.45, 2.75) is 39.2 Å². The fraction of sp³-hybridized carbons (Fsp3) is 0.625. The molecule has 0 aromatic heterocycles. The molecule has 2 rings (SSSR count). The highest BCUT2D eigenvalue weighted by atomic mass is 79.9. The maximum Gasteiger partial charge on any atom is 0.125 e. The van der Waals surface area contributed by atoms with Crippen LogP contribution in [0.15, 0.2) is 10.5 Å². The molecule has 0 amide bonds. The molecular formula is C16H24BrNO2. The third kappa shape index (κ3) is 4.21. The first-order chi connectivity index (χ1) is 9.63. The maximum absolute atomic E-state index is 5.72. The van der Waals surface area contributed by atoms with Crippen molar-refractivity contribution in [3.63, 3.8) is 0 Å². The number of halogens is 1. The van der Waals surface area contributed by atoms with Crippen LogP contribution in [0.4, 0.5) is 0 Å². The molecule has 0 spiro atoms. The summed E-state index contributed by atoms with van der Waals surface area (Å²) in [6.45, 7) is 6.67. The molecule has 1 aromatic carbocycles. The van der Waals surface area contributed by atoms with E-state index in [0.29, 0.717) is 0 Å². The highest BCUT2D eigenvalue weighted by Gasteiger charge is 2.19. The van der Waals surface area contributed by atoms with Crippen molar-refractivity contribution in [1.29, 1.82) is 0 Å². The van der Waals surface area contributed by atoms with Crippen molar-refractivity contribution < 1.29 is 9.47 Å². The standard InChI is InChI=1S/C16H24BrNO2/c1-11-10-15(17)12(2)14(16(11)19-3)6-8-20-9-7-18-13-4-5-13/h10,13,18H,4-9H2,1-3H3. The number of hydrogen-bond acceptors (Lipinski definition) is 3. The summed E-state index contributed by atoms with van der Waals surface area (Å²) in [6.07, 6.45) is 3.54. The highest BCUT2D eigenvalue weighted by molar-refractivity contribution is 9.10. The fourth-order valence-corrected chi connectivity index (χ4v) is 2.98. The van der Waals surface area contributed by atoms with Gasteiger partial charge in [-0.2, -0.15) is 0 Å². The lowest BCUT2D eigenvalue weighted by Gasteiger charge is -2.16. The smallest absolute Gasteiger partial charge is 0.125 e. The predicted molar refractivity (Wildman–Crippen MR) is 85.7 cm³/mol. The summed E-state index contributed by atoms with van der Waals surface area (Å²) in [4.78, 5) is 0. The van der Waals surface area contributed by atoms with Gasteiger partial charge in [-0.1, -0.05) is 15.9 Å². The van der Waals surface area contributed by atoms with E-state index in [0.717, 1.165) is 48.0 Å². The first kappa shape index (κ1) is 15.8. The molecule has 1 aromatic rings. The molecular weight excluding hydrogens is 318 g/mol. The van der Waals surface area contributed by atoms with Gasteiger partial charge >= 0.3 is 0 Å². The Morgan fingerprint density at radius 2 is 2.05 bits per heavy atom. The lowest BCUT2D eigenvalue weighted by Crippen LogP contribution is -2.22. The van der Waals surface area contributed by atoms with Crippen LogP contribution in [0.1, 0.15) is 29.5 Å². The molecule has 20 heavy (non-hydrogen) atoms. The number of hydrogen-bond donors (Lipinski definition) is 1. The van der Waals surface area contributed by atoms with Crippen LogP contribution >= 0.6 is 15.9 Å². The van der Waals surface area contributed by atoms with Crippen LogP contribution in [0.5, 0.6) is 5.75 Å². The van der Waals surface area contributed by atoms with E-state index in [1.54, 1.807) is 7.11 Å². The van der Waals surface area contributed by atoms with Gasteiger partial charge in [0.15, 0.2) is 0 Å². The monoisotopic (exact) mass is 341 g/mol. The first-order valence-electron chi connectivity index (χ1n) is 7.27. The topological polar surface area (TPSA) is 30.5 Å². The third-order valence-electron chi connectivity index (χ3n) is 3.74. The Kier molecular flexibility index (Phi) is 5.87. The summed E-state index contributed by atoms with van der Waals surface area (Å²) in [6, 6.07) is 2.87. The first-order valence-corrected chi connectivity index (χ1v) is 8.06. The van der Waals surface area contributed by atoms with Crippen molar-refractivity contribution >= 4 is 15.9 Å². The minimum atomic E-state index is 0.736. The second-order valence-corrected chi connectivity index (χ2v) is 6.26. The van der Waals surface area contributed by atoms with Crippen LogP contribution in [0.25, 0.3) is 0 Å². The number of benzene rings is 1. The van der Waals surface area contributed by atoms with Gasteiger partial charge in [0.2, 0.25) is 0 Å². The van der Waals surface area contributed by atoms with Crippen LogP contribution < -0.4 is 10.1 Å². The van der Waals surface area contributed by atoms with E-state index >= 15 is 0 Å². The summed E-state index contributed by atoms with van der Waals surface area (Å²) >= 11 is 3.61. The molecule has 0 atom stereocenters. The third-order valence-corrected chi connectivity index (χ3v) is 4.57. The molecule has 1 saturated carbocycles. The van der Waals surface area contributed by atoms with Crippen LogP contribution in [0.3, 0.4) is 0 Å². The number of nitrogens with one attached hydrogen (secondary N) is 1. The van der Waals surface area contributed by atoms with Crippen molar-refractivity contribution in [3.05, 3.63) is 27.2 Å². The molecule has 0 radical (unpaired) electrons. The van der Waals surface area contributed by atoms with E-state index < -0.39 is 0 Å². The molecule has 0 heterocycles. The van der Waals surface area contributed by atoms with Gasteiger partial charge in [-0.15, -0.1) is 0 Å². The number of ether oxygens (including phenoxy) is 2. The van der Waals surface area contributed by atoms with E-state index in [1.807, 2.05) is 0 Å². The number of methoxy groups -OCH3 is 1. The Labute approximate surface area is 130 Å². The molecule has 1 aliphatic carbocycles. The van der Waals surface area contributed by atoms with Gasteiger partial charge in [-0.3, -0.25) is 0 Å². The molecule has 0 aliphatic heterocycles. The SMILES string of the molecule is COc1c(C)cc(Br)c(C)c1CCOCCNC1CC1. The average molecular weight is 342 g/mol. The molecule has 0 saturated heterocycles. The van der Waals surface area contributed by atoms with E-state index in [1.165, 1.54) is 24.0 Å². The largest absolute Gasteiger partial charge is 0.496 e. The van der Waals surface area contributed by atoms with Crippen LogP contribution in [-0.4, -0.2) is 32.9 Å². The lowest BCUT2D eigenvalue weighted by atomic mass is 10.0. The van der Waals surface area contributed by atoms with Crippen LogP contribution in [0.2, 0.25) is 0 Å². The maximum atomic E-state index is 5.72. The Morgan fingerprint density at radius 1 is 1.30 bits per heavy atom. The van der Waals surface area contributed by atoms with E-state index in [-0.39, 0.29) is 0 Å². The summed E-state index contributed by atoms with van der Waals surface area (Å²) in [5.41, 5.74) is 3.65. The van der Waals surface area contributed by atoms with E-state index in [2.05, 4.69) is 41.2 Å². The molecule has 3 nitrogen and oxygen atoms in total. The van der Waals surface area contributed by atoms with Crippen molar-refractivity contribution in [2.24, 2.45) is 0 Å². The summed E-state index contributed by atoms with van der Waals surface area (Å²) in [7, 11) is 1.74. The van der Waals surface area contributed by atoms with E-state index in [4.69, 9.17) is 9.47 Å². The van der Waals surface area contributed by atoms with Crippen LogP contribution in [0, 0.1) is 13.8 Å². The van der Waals surface area contributed by atoms with E-state index in [9.17, 15) is 0 Å². The van der Waals surface area contributed by atoms with Gasteiger partial charge in [0.05, 0.1) is 20.3 Å².